The second-order valence-electron chi connectivity index (χ2n) is 5.15. The molecule has 2 aromatic carbocycles. The fourth-order valence-electron chi connectivity index (χ4n) is 2.14. The van der Waals surface area contributed by atoms with E-state index in [4.69, 9.17) is 9.47 Å². The minimum atomic E-state index is -0.400. The summed E-state index contributed by atoms with van der Waals surface area (Å²) in [7, 11) is 0. The Hall–Kier alpha value is -2.29. The maximum atomic E-state index is 11.8. The van der Waals surface area contributed by atoms with Gasteiger partial charge in [0.15, 0.2) is 6.61 Å². The van der Waals surface area contributed by atoms with Crippen LogP contribution in [0, 0.1) is 0 Å². The first kappa shape index (κ1) is 16.1. The van der Waals surface area contributed by atoms with Crippen molar-refractivity contribution in [2.45, 2.75) is 33.1 Å². The van der Waals surface area contributed by atoms with Crippen molar-refractivity contribution in [2.75, 3.05) is 6.61 Å². The van der Waals surface area contributed by atoms with Crippen molar-refractivity contribution >= 4 is 5.97 Å². The SMILES string of the molecule is CCCc1ccc(OC(=O)COc2ccc(CC)cc2)cc1. The highest BCUT2D eigenvalue weighted by atomic mass is 16.6. The van der Waals surface area contributed by atoms with Crippen molar-refractivity contribution in [3.05, 3.63) is 59.7 Å². The maximum Gasteiger partial charge on any atom is 0.349 e. The molecule has 0 aromatic heterocycles. The highest BCUT2D eigenvalue weighted by molar-refractivity contribution is 5.73. The second-order valence-corrected chi connectivity index (χ2v) is 5.15. The average molecular weight is 298 g/mol. The molecule has 2 aromatic rings. The number of benzene rings is 2. The molecule has 22 heavy (non-hydrogen) atoms. The van der Waals surface area contributed by atoms with Crippen molar-refractivity contribution in [2.24, 2.45) is 0 Å². The van der Waals surface area contributed by atoms with Crippen LogP contribution in [0.15, 0.2) is 48.5 Å². The van der Waals surface area contributed by atoms with E-state index in [2.05, 4.69) is 13.8 Å². The Morgan fingerprint density at radius 1 is 0.864 bits per heavy atom. The van der Waals surface area contributed by atoms with Gasteiger partial charge in [0.05, 0.1) is 0 Å². The molecule has 3 nitrogen and oxygen atoms in total. The third-order valence-corrected chi connectivity index (χ3v) is 3.38. The van der Waals surface area contributed by atoms with Gasteiger partial charge in [-0.05, 0) is 48.2 Å². The normalized spacial score (nSPS) is 10.3. The van der Waals surface area contributed by atoms with Crippen LogP contribution in [0.4, 0.5) is 0 Å². The molecule has 2 rings (SSSR count). The summed E-state index contributed by atoms with van der Waals surface area (Å²) in [5.41, 5.74) is 2.48. The molecule has 0 spiro atoms. The van der Waals surface area contributed by atoms with Gasteiger partial charge >= 0.3 is 5.97 Å². The molecule has 0 heterocycles. The predicted molar refractivity (Wildman–Crippen MR) is 87.4 cm³/mol. The fraction of sp³-hybridized carbons (Fsp3) is 0.316. The summed E-state index contributed by atoms with van der Waals surface area (Å²) in [5.74, 6) is 0.824. The molecule has 0 N–H and O–H groups in total. The van der Waals surface area contributed by atoms with Crippen molar-refractivity contribution in [1.82, 2.24) is 0 Å². The molecular formula is C19H22O3. The Labute approximate surface area is 131 Å². The number of hydrogen-bond acceptors (Lipinski definition) is 3. The van der Waals surface area contributed by atoms with Crippen LogP contribution in [0.1, 0.15) is 31.4 Å². The molecule has 116 valence electrons. The minimum absolute atomic E-state index is 0.0951. The van der Waals surface area contributed by atoms with Gasteiger partial charge < -0.3 is 9.47 Å². The molecule has 0 aliphatic rings. The van der Waals surface area contributed by atoms with Gasteiger partial charge in [0.25, 0.3) is 0 Å². The van der Waals surface area contributed by atoms with Crippen LogP contribution in [0.25, 0.3) is 0 Å². The lowest BCUT2D eigenvalue weighted by Gasteiger charge is -2.08. The van der Waals surface area contributed by atoms with Crippen LogP contribution in [-0.2, 0) is 17.6 Å². The summed E-state index contributed by atoms with van der Waals surface area (Å²) in [6.45, 7) is 4.14. The van der Waals surface area contributed by atoms with E-state index in [1.165, 1.54) is 11.1 Å². The van der Waals surface area contributed by atoms with E-state index in [1.807, 2.05) is 48.5 Å². The number of rotatable bonds is 7. The molecule has 0 unspecified atom stereocenters. The topological polar surface area (TPSA) is 35.5 Å². The molecule has 0 aliphatic carbocycles. The second kappa shape index (κ2) is 8.23. The van der Waals surface area contributed by atoms with Crippen molar-refractivity contribution in [3.8, 4) is 11.5 Å². The summed E-state index contributed by atoms with van der Waals surface area (Å²) in [4.78, 5) is 11.8. The van der Waals surface area contributed by atoms with Crippen LogP contribution < -0.4 is 9.47 Å². The summed E-state index contributed by atoms with van der Waals surface area (Å²) in [6.07, 6.45) is 3.12. The smallest absolute Gasteiger partial charge is 0.349 e. The van der Waals surface area contributed by atoms with Gasteiger partial charge in [0, 0.05) is 0 Å². The Balaban J connectivity index is 1.81. The third-order valence-electron chi connectivity index (χ3n) is 3.38. The van der Waals surface area contributed by atoms with Crippen LogP contribution in [0.3, 0.4) is 0 Å². The van der Waals surface area contributed by atoms with E-state index in [1.54, 1.807) is 0 Å². The van der Waals surface area contributed by atoms with Gasteiger partial charge in [-0.1, -0.05) is 44.5 Å². The van der Waals surface area contributed by atoms with Crippen molar-refractivity contribution < 1.29 is 14.3 Å². The zero-order valence-corrected chi connectivity index (χ0v) is 13.2. The van der Waals surface area contributed by atoms with Crippen LogP contribution in [-0.4, -0.2) is 12.6 Å². The third kappa shape index (κ3) is 4.92. The number of carbonyl (C=O) groups is 1. The number of carbonyl (C=O) groups excluding carboxylic acids is 1. The number of esters is 1. The Morgan fingerprint density at radius 3 is 2.05 bits per heavy atom. The van der Waals surface area contributed by atoms with E-state index in [-0.39, 0.29) is 6.61 Å². The van der Waals surface area contributed by atoms with E-state index < -0.39 is 5.97 Å². The lowest BCUT2D eigenvalue weighted by molar-refractivity contribution is -0.136. The largest absolute Gasteiger partial charge is 0.482 e. The predicted octanol–water partition coefficient (Wildman–Crippen LogP) is 4.19. The summed E-state index contributed by atoms with van der Waals surface area (Å²) in [6, 6.07) is 15.3. The molecule has 0 radical (unpaired) electrons. The Kier molecular flexibility index (Phi) is 6.01. The molecule has 0 bridgehead atoms. The fourth-order valence-corrected chi connectivity index (χ4v) is 2.14. The zero-order chi connectivity index (χ0) is 15.8. The molecule has 0 saturated heterocycles. The molecule has 0 fully saturated rings. The molecule has 3 heteroatoms. The van der Waals surface area contributed by atoms with Crippen LogP contribution >= 0.6 is 0 Å². The number of ether oxygens (including phenoxy) is 2. The van der Waals surface area contributed by atoms with Gasteiger partial charge in [-0.2, -0.15) is 0 Å². The van der Waals surface area contributed by atoms with E-state index in [0.29, 0.717) is 11.5 Å². The average Bonchev–Trinajstić information content (AvgIpc) is 2.55. The molecule has 0 saturated carbocycles. The number of hydrogen-bond donors (Lipinski definition) is 0. The summed E-state index contributed by atoms with van der Waals surface area (Å²) >= 11 is 0. The standard InChI is InChI=1S/C19H22O3/c1-3-5-16-8-12-18(13-9-16)22-19(20)14-21-17-10-6-15(4-2)7-11-17/h6-13H,3-5,14H2,1-2H3. The molecular weight excluding hydrogens is 276 g/mol. The minimum Gasteiger partial charge on any atom is -0.482 e. The van der Waals surface area contributed by atoms with E-state index in [0.717, 1.165) is 19.3 Å². The van der Waals surface area contributed by atoms with Crippen molar-refractivity contribution in [3.63, 3.8) is 0 Å². The number of aryl methyl sites for hydroxylation is 2. The van der Waals surface area contributed by atoms with E-state index >= 15 is 0 Å². The maximum absolute atomic E-state index is 11.8. The van der Waals surface area contributed by atoms with E-state index in [9.17, 15) is 4.79 Å². The highest BCUT2D eigenvalue weighted by Gasteiger charge is 2.06. The molecule has 0 atom stereocenters. The Morgan fingerprint density at radius 2 is 1.45 bits per heavy atom. The van der Waals surface area contributed by atoms with Gasteiger partial charge in [0.1, 0.15) is 11.5 Å². The quantitative estimate of drug-likeness (QED) is 0.568. The lowest BCUT2D eigenvalue weighted by Crippen LogP contribution is -2.17. The molecule has 0 aliphatic heterocycles. The van der Waals surface area contributed by atoms with Gasteiger partial charge in [-0.3, -0.25) is 0 Å². The Bertz CT molecular complexity index is 585. The van der Waals surface area contributed by atoms with Gasteiger partial charge in [-0.25, -0.2) is 4.79 Å². The first-order valence-electron chi connectivity index (χ1n) is 7.72. The molecule has 0 amide bonds. The lowest BCUT2D eigenvalue weighted by atomic mass is 10.1. The van der Waals surface area contributed by atoms with Crippen LogP contribution in [0.5, 0.6) is 11.5 Å². The zero-order valence-electron chi connectivity index (χ0n) is 13.2. The van der Waals surface area contributed by atoms with Gasteiger partial charge in [0.2, 0.25) is 0 Å². The monoisotopic (exact) mass is 298 g/mol. The highest BCUT2D eigenvalue weighted by Crippen LogP contribution is 2.15. The van der Waals surface area contributed by atoms with Crippen molar-refractivity contribution in [1.29, 1.82) is 0 Å². The summed E-state index contributed by atoms with van der Waals surface area (Å²) < 4.78 is 10.7. The first-order valence-corrected chi connectivity index (χ1v) is 7.72. The van der Waals surface area contributed by atoms with Crippen LogP contribution in [0.2, 0.25) is 0 Å². The van der Waals surface area contributed by atoms with Gasteiger partial charge in [-0.15, -0.1) is 0 Å². The summed E-state index contributed by atoms with van der Waals surface area (Å²) in [5, 5.41) is 0. The first-order chi connectivity index (χ1) is 10.7.